The molecule has 0 amide bonds. The third kappa shape index (κ3) is 5.36. The number of carbonyl (C=O) groups excluding carboxylic acids is 1. The number of benzene rings is 2. The third-order valence-electron chi connectivity index (χ3n) is 4.93. The highest BCUT2D eigenvalue weighted by Crippen LogP contribution is 2.30. The number of nitro groups is 1. The van der Waals surface area contributed by atoms with Gasteiger partial charge in [-0.2, -0.15) is 4.31 Å². The van der Waals surface area contributed by atoms with Gasteiger partial charge in [0.05, 0.1) is 9.82 Å². The van der Waals surface area contributed by atoms with Crippen LogP contribution < -0.4 is 0 Å². The summed E-state index contributed by atoms with van der Waals surface area (Å²) < 4.78 is 33.1. The Morgan fingerprint density at radius 2 is 1.81 bits per heavy atom. The van der Waals surface area contributed by atoms with Gasteiger partial charge in [0.1, 0.15) is 6.61 Å². The van der Waals surface area contributed by atoms with E-state index in [4.69, 9.17) is 4.74 Å². The smallest absolute Gasteiger partial charge is 0.335 e. The molecule has 3 rings (SSSR count). The van der Waals surface area contributed by atoms with Crippen molar-refractivity contribution in [3.8, 4) is 0 Å². The number of non-ortho nitro benzene ring substituents is 1. The lowest BCUT2D eigenvalue weighted by atomic mass is 10.0. The minimum absolute atomic E-state index is 0.0563. The second kappa shape index (κ2) is 9.40. The average molecular weight is 445 g/mol. The van der Waals surface area contributed by atoms with Crippen molar-refractivity contribution in [3.63, 3.8) is 0 Å². The van der Waals surface area contributed by atoms with Crippen LogP contribution in [0.3, 0.4) is 0 Å². The van der Waals surface area contributed by atoms with Gasteiger partial charge in [0.2, 0.25) is 10.0 Å². The van der Waals surface area contributed by atoms with Crippen LogP contribution in [0.5, 0.6) is 0 Å². The normalized spacial score (nSPS) is 16.9. The first kappa shape index (κ1) is 22.6. The molecule has 8 nitrogen and oxygen atoms in total. The minimum Gasteiger partial charge on any atom is -0.457 e. The molecule has 1 aliphatic heterocycles. The van der Waals surface area contributed by atoms with Crippen LogP contribution in [0, 0.1) is 16.0 Å². The van der Waals surface area contributed by atoms with Crippen LogP contribution in [0.4, 0.5) is 5.69 Å². The fourth-order valence-corrected chi connectivity index (χ4v) is 4.97. The van der Waals surface area contributed by atoms with Gasteiger partial charge in [-0.3, -0.25) is 10.1 Å². The Balaban J connectivity index is 1.79. The van der Waals surface area contributed by atoms with Crippen LogP contribution >= 0.6 is 0 Å². The maximum absolute atomic E-state index is 13.2. The molecule has 0 radical (unpaired) electrons. The Morgan fingerprint density at radius 3 is 2.39 bits per heavy atom. The number of nitrogens with zero attached hydrogens (tertiary/aromatic N) is 2. The van der Waals surface area contributed by atoms with Crippen LogP contribution in [0.15, 0.2) is 71.1 Å². The van der Waals surface area contributed by atoms with Crippen molar-refractivity contribution in [3.05, 3.63) is 81.9 Å². The summed E-state index contributed by atoms with van der Waals surface area (Å²) in [6.45, 7) is 3.93. The number of carbonyl (C=O) groups is 1. The van der Waals surface area contributed by atoms with E-state index in [2.05, 4.69) is 0 Å². The van der Waals surface area contributed by atoms with Crippen molar-refractivity contribution < 1.29 is 22.9 Å². The number of ether oxygens (including phenoxy) is 1. The SMILES string of the molecule is CC(C)C[C@H]1C=C(C(=O)OCc2ccccc2)CN1S(=O)(=O)c1ccc([N+](=O)[O-])cc1. The number of rotatable bonds is 8. The first-order valence-electron chi connectivity index (χ1n) is 9.86. The van der Waals surface area contributed by atoms with E-state index in [1.54, 1.807) is 6.08 Å². The molecule has 0 saturated carbocycles. The molecule has 0 fully saturated rings. The second-order valence-corrected chi connectivity index (χ2v) is 9.64. The minimum atomic E-state index is -3.96. The maximum atomic E-state index is 13.2. The highest BCUT2D eigenvalue weighted by atomic mass is 32.2. The van der Waals surface area contributed by atoms with Gasteiger partial charge in [-0.05, 0) is 30.0 Å². The Kier molecular flexibility index (Phi) is 6.87. The first-order valence-corrected chi connectivity index (χ1v) is 11.3. The Hall–Kier alpha value is -3.04. The maximum Gasteiger partial charge on any atom is 0.335 e. The van der Waals surface area contributed by atoms with E-state index in [1.807, 2.05) is 44.2 Å². The molecular formula is C22H24N2O6S. The number of sulfonamides is 1. The quantitative estimate of drug-likeness (QED) is 0.349. The van der Waals surface area contributed by atoms with Gasteiger partial charge in [-0.15, -0.1) is 0 Å². The molecule has 0 N–H and O–H groups in total. The lowest BCUT2D eigenvalue weighted by Crippen LogP contribution is -2.37. The van der Waals surface area contributed by atoms with E-state index in [0.29, 0.717) is 6.42 Å². The largest absolute Gasteiger partial charge is 0.457 e. The zero-order valence-electron chi connectivity index (χ0n) is 17.3. The topological polar surface area (TPSA) is 107 Å². The first-order chi connectivity index (χ1) is 14.7. The number of hydrogen-bond donors (Lipinski definition) is 0. The predicted molar refractivity (Wildman–Crippen MR) is 115 cm³/mol. The molecule has 0 unspecified atom stereocenters. The molecule has 1 atom stereocenters. The van der Waals surface area contributed by atoms with E-state index >= 15 is 0 Å². The van der Waals surface area contributed by atoms with E-state index in [-0.39, 0.29) is 35.2 Å². The Morgan fingerprint density at radius 1 is 1.16 bits per heavy atom. The molecule has 0 aliphatic carbocycles. The van der Waals surface area contributed by atoms with Crippen molar-refractivity contribution in [1.82, 2.24) is 4.31 Å². The second-order valence-electron chi connectivity index (χ2n) is 7.75. The zero-order valence-corrected chi connectivity index (χ0v) is 18.1. The fourth-order valence-electron chi connectivity index (χ4n) is 3.41. The van der Waals surface area contributed by atoms with E-state index in [1.165, 1.54) is 16.4 Å². The molecule has 0 saturated heterocycles. The predicted octanol–water partition coefficient (Wildman–Crippen LogP) is 3.68. The summed E-state index contributed by atoms with van der Waals surface area (Å²) >= 11 is 0. The fraction of sp³-hybridized carbons (Fsp3) is 0.318. The lowest BCUT2D eigenvalue weighted by Gasteiger charge is -2.25. The summed E-state index contributed by atoms with van der Waals surface area (Å²) in [6.07, 6.45) is 2.18. The standard InChI is InChI=1S/C22H24N2O6S/c1-16(2)12-20-13-18(22(25)30-15-17-6-4-3-5-7-17)14-23(20)31(28,29)21-10-8-19(9-11-21)24(26)27/h3-11,13,16,20H,12,14-15H2,1-2H3/t20-/m0/s1. The van der Waals surface area contributed by atoms with E-state index in [9.17, 15) is 23.3 Å². The van der Waals surface area contributed by atoms with Crippen LogP contribution in [-0.4, -0.2) is 36.2 Å². The summed E-state index contributed by atoms with van der Waals surface area (Å²) in [6, 6.07) is 13.5. The van der Waals surface area contributed by atoms with Crippen molar-refractivity contribution in [2.75, 3.05) is 6.54 Å². The average Bonchev–Trinajstić information content (AvgIpc) is 3.17. The van der Waals surface area contributed by atoms with Gasteiger partial charge < -0.3 is 4.74 Å². The molecule has 0 spiro atoms. The van der Waals surface area contributed by atoms with Crippen molar-refractivity contribution >= 4 is 21.7 Å². The molecular weight excluding hydrogens is 420 g/mol. The van der Waals surface area contributed by atoms with Gasteiger partial charge in [-0.1, -0.05) is 50.3 Å². The lowest BCUT2D eigenvalue weighted by molar-refractivity contribution is -0.384. The Bertz CT molecular complexity index is 1080. The van der Waals surface area contributed by atoms with Crippen LogP contribution in [0.1, 0.15) is 25.8 Å². The molecule has 164 valence electrons. The van der Waals surface area contributed by atoms with Gasteiger partial charge in [0.15, 0.2) is 0 Å². The van der Waals surface area contributed by atoms with Crippen LogP contribution in [-0.2, 0) is 26.2 Å². The van der Waals surface area contributed by atoms with Gasteiger partial charge >= 0.3 is 5.97 Å². The van der Waals surface area contributed by atoms with Gasteiger partial charge in [0, 0.05) is 30.3 Å². The summed E-state index contributed by atoms with van der Waals surface area (Å²) in [7, 11) is -3.96. The van der Waals surface area contributed by atoms with E-state index in [0.717, 1.165) is 17.7 Å². The van der Waals surface area contributed by atoms with Gasteiger partial charge in [0.25, 0.3) is 5.69 Å². The molecule has 2 aromatic carbocycles. The molecule has 0 bridgehead atoms. The summed E-state index contributed by atoms with van der Waals surface area (Å²) in [5.41, 5.74) is 0.929. The zero-order chi connectivity index (χ0) is 22.6. The molecule has 1 aliphatic rings. The Labute approximate surface area is 181 Å². The monoisotopic (exact) mass is 444 g/mol. The molecule has 9 heteroatoms. The van der Waals surface area contributed by atoms with Crippen molar-refractivity contribution in [2.45, 2.75) is 37.8 Å². The summed E-state index contributed by atoms with van der Waals surface area (Å²) in [5.74, 6) is -0.366. The van der Waals surface area contributed by atoms with Crippen LogP contribution in [0.2, 0.25) is 0 Å². The number of esters is 1. The molecule has 1 heterocycles. The van der Waals surface area contributed by atoms with Crippen molar-refractivity contribution in [2.24, 2.45) is 5.92 Å². The van der Waals surface area contributed by atoms with Crippen LogP contribution in [0.25, 0.3) is 0 Å². The highest BCUT2D eigenvalue weighted by molar-refractivity contribution is 7.89. The third-order valence-corrected chi connectivity index (χ3v) is 6.82. The van der Waals surface area contributed by atoms with Gasteiger partial charge in [-0.25, -0.2) is 13.2 Å². The molecule has 0 aromatic heterocycles. The highest BCUT2D eigenvalue weighted by Gasteiger charge is 2.38. The molecule has 31 heavy (non-hydrogen) atoms. The van der Waals surface area contributed by atoms with E-state index < -0.39 is 27.0 Å². The molecule has 2 aromatic rings. The number of hydrogen-bond acceptors (Lipinski definition) is 6. The number of nitro benzene ring substituents is 1. The van der Waals surface area contributed by atoms with Crippen molar-refractivity contribution in [1.29, 1.82) is 0 Å². The summed E-state index contributed by atoms with van der Waals surface area (Å²) in [4.78, 5) is 22.8. The summed E-state index contributed by atoms with van der Waals surface area (Å²) in [5, 5.41) is 10.9.